The predicted molar refractivity (Wildman–Crippen MR) is 84.6 cm³/mol. The Labute approximate surface area is 129 Å². The van der Waals surface area contributed by atoms with Crippen molar-refractivity contribution in [1.82, 2.24) is 4.98 Å². The van der Waals surface area contributed by atoms with Gasteiger partial charge < -0.3 is 5.11 Å². The summed E-state index contributed by atoms with van der Waals surface area (Å²) in [6.07, 6.45) is 4.53. The lowest BCUT2D eigenvalue weighted by atomic mass is 10.1. The minimum atomic E-state index is -0.943. The van der Waals surface area contributed by atoms with Crippen molar-refractivity contribution in [2.75, 3.05) is 0 Å². The van der Waals surface area contributed by atoms with Gasteiger partial charge in [-0.25, -0.2) is 9.78 Å². The van der Waals surface area contributed by atoms with E-state index in [0.29, 0.717) is 0 Å². The molecular weight excluding hydrogens is 338 g/mol. The van der Waals surface area contributed by atoms with Crippen molar-refractivity contribution < 1.29 is 9.90 Å². The van der Waals surface area contributed by atoms with Crippen LogP contribution in [0.15, 0.2) is 58.2 Å². The van der Waals surface area contributed by atoms with Gasteiger partial charge in [0.2, 0.25) is 0 Å². The van der Waals surface area contributed by atoms with Crippen LogP contribution in [0.1, 0.15) is 11.1 Å². The Bertz CT molecular complexity index is 626. The number of nitrogens with zero attached hydrogens (tertiary/aromatic N) is 1. The van der Waals surface area contributed by atoms with Crippen LogP contribution in [-0.4, -0.2) is 16.1 Å². The summed E-state index contributed by atoms with van der Waals surface area (Å²) in [5.74, 6) is -0.198. The molecule has 1 aromatic heterocycles. The molecule has 0 aliphatic rings. The number of thioether (sulfide) groups is 1. The van der Waals surface area contributed by atoms with Gasteiger partial charge in [0.1, 0.15) is 0 Å². The van der Waals surface area contributed by atoms with E-state index in [1.165, 1.54) is 0 Å². The number of pyridine rings is 1. The third-order valence-electron chi connectivity index (χ3n) is 2.54. The molecular formula is C15H12BrNO2S. The van der Waals surface area contributed by atoms with E-state index < -0.39 is 5.97 Å². The number of hydrogen-bond acceptors (Lipinski definition) is 3. The summed E-state index contributed by atoms with van der Waals surface area (Å²) in [7, 11) is 0. The summed E-state index contributed by atoms with van der Waals surface area (Å²) < 4.78 is 0.951. The van der Waals surface area contributed by atoms with Crippen LogP contribution < -0.4 is 0 Å². The zero-order valence-electron chi connectivity index (χ0n) is 10.5. The molecule has 0 atom stereocenters. The van der Waals surface area contributed by atoms with Crippen LogP contribution >= 0.6 is 27.7 Å². The maximum Gasteiger partial charge on any atom is 0.328 e. The van der Waals surface area contributed by atoms with E-state index in [9.17, 15) is 4.79 Å². The molecule has 0 saturated carbocycles. The first-order valence-corrected chi connectivity index (χ1v) is 7.66. The minimum absolute atomic E-state index is 0.745. The summed E-state index contributed by atoms with van der Waals surface area (Å²) in [5, 5.41) is 9.63. The van der Waals surface area contributed by atoms with Gasteiger partial charge in [-0.3, -0.25) is 0 Å². The van der Waals surface area contributed by atoms with Gasteiger partial charge in [0, 0.05) is 22.5 Å². The van der Waals surface area contributed by atoms with E-state index >= 15 is 0 Å². The second-order valence-electron chi connectivity index (χ2n) is 3.97. The van der Waals surface area contributed by atoms with Crippen molar-refractivity contribution in [1.29, 1.82) is 0 Å². The normalized spacial score (nSPS) is 10.8. The minimum Gasteiger partial charge on any atom is -0.478 e. The Balaban J connectivity index is 2.09. The highest BCUT2D eigenvalue weighted by Gasteiger charge is 2.02. The monoisotopic (exact) mass is 349 g/mol. The molecule has 0 aliphatic heterocycles. The zero-order chi connectivity index (χ0) is 14.4. The van der Waals surface area contributed by atoms with Crippen LogP contribution in [0.3, 0.4) is 0 Å². The number of hydrogen-bond donors (Lipinski definition) is 1. The maximum absolute atomic E-state index is 10.6. The van der Waals surface area contributed by atoms with Crippen molar-refractivity contribution in [3.8, 4) is 0 Å². The molecule has 5 heteroatoms. The quantitative estimate of drug-likeness (QED) is 0.648. The molecule has 0 saturated heterocycles. The second kappa shape index (κ2) is 7.26. The third-order valence-corrected chi connectivity index (χ3v) is 4.00. The van der Waals surface area contributed by atoms with Crippen molar-refractivity contribution in [3.63, 3.8) is 0 Å². The lowest BCUT2D eigenvalue weighted by Gasteiger charge is -2.05. The molecule has 102 valence electrons. The van der Waals surface area contributed by atoms with E-state index in [-0.39, 0.29) is 0 Å². The molecule has 20 heavy (non-hydrogen) atoms. The molecule has 1 heterocycles. The van der Waals surface area contributed by atoms with E-state index in [1.807, 2.05) is 36.4 Å². The summed E-state index contributed by atoms with van der Waals surface area (Å²) in [6, 6.07) is 11.6. The van der Waals surface area contributed by atoms with E-state index in [0.717, 1.165) is 32.5 Å². The average molecular weight is 350 g/mol. The molecule has 0 radical (unpaired) electrons. The molecule has 1 aromatic carbocycles. The van der Waals surface area contributed by atoms with Gasteiger partial charge in [-0.1, -0.05) is 24.3 Å². The van der Waals surface area contributed by atoms with Crippen LogP contribution in [0.25, 0.3) is 6.08 Å². The largest absolute Gasteiger partial charge is 0.478 e. The van der Waals surface area contributed by atoms with Gasteiger partial charge in [0.25, 0.3) is 0 Å². The van der Waals surface area contributed by atoms with Crippen molar-refractivity contribution in [2.24, 2.45) is 0 Å². The predicted octanol–water partition coefficient (Wildman–Crippen LogP) is 4.23. The number of aliphatic carboxylic acids is 1. The van der Waals surface area contributed by atoms with Gasteiger partial charge in [0.15, 0.2) is 0 Å². The summed E-state index contributed by atoms with van der Waals surface area (Å²) in [4.78, 5) is 14.9. The first kappa shape index (κ1) is 14.8. The molecule has 2 rings (SSSR count). The van der Waals surface area contributed by atoms with Crippen LogP contribution in [0.2, 0.25) is 0 Å². The van der Waals surface area contributed by atoms with E-state index in [2.05, 4.69) is 20.9 Å². The second-order valence-corrected chi connectivity index (χ2v) is 5.89. The zero-order valence-corrected chi connectivity index (χ0v) is 12.9. The summed E-state index contributed by atoms with van der Waals surface area (Å²) in [6.45, 7) is 0. The van der Waals surface area contributed by atoms with Crippen LogP contribution in [-0.2, 0) is 10.5 Å². The van der Waals surface area contributed by atoms with Gasteiger partial charge in [-0.15, -0.1) is 11.8 Å². The van der Waals surface area contributed by atoms with Crippen LogP contribution in [0.5, 0.6) is 0 Å². The number of carboxylic acid groups (broad SMARTS) is 1. The van der Waals surface area contributed by atoms with Gasteiger partial charge in [0.05, 0.1) is 5.03 Å². The lowest BCUT2D eigenvalue weighted by Crippen LogP contribution is -1.90. The number of carbonyl (C=O) groups is 1. The SMILES string of the molecule is O=C(O)C=Cc1ccccc1CSc1ccc(Br)cn1. The van der Waals surface area contributed by atoms with Crippen molar-refractivity contribution >= 4 is 39.7 Å². The Kier molecular flexibility index (Phi) is 5.38. The fourth-order valence-electron chi connectivity index (χ4n) is 1.59. The first-order chi connectivity index (χ1) is 9.65. The lowest BCUT2D eigenvalue weighted by molar-refractivity contribution is -0.131. The highest BCUT2D eigenvalue weighted by Crippen LogP contribution is 2.24. The standard InChI is InChI=1S/C15H12BrNO2S/c16-13-6-7-14(17-9-13)20-10-12-4-2-1-3-11(12)5-8-15(18)19/h1-9H,10H2,(H,18,19). The Morgan fingerprint density at radius 2 is 2.10 bits per heavy atom. The molecule has 0 amide bonds. The Morgan fingerprint density at radius 3 is 2.80 bits per heavy atom. The summed E-state index contributed by atoms with van der Waals surface area (Å²) in [5.41, 5.74) is 2.00. The number of carboxylic acids is 1. The van der Waals surface area contributed by atoms with E-state index in [1.54, 1.807) is 24.0 Å². The van der Waals surface area contributed by atoms with Gasteiger partial charge in [-0.05, 0) is 45.3 Å². The fraction of sp³-hybridized carbons (Fsp3) is 0.0667. The Hall–Kier alpha value is -1.59. The Morgan fingerprint density at radius 1 is 1.30 bits per heavy atom. The molecule has 0 spiro atoms. The van der Waals surface area contributed by atoms with Crippen molar-refractivity contribution in [2.45, 2.75) is 10.8 Å². The average Bonchev–Trinajstić information content (AvgIpc) is 2.45. The van der Waals surface area contributed by atoms with Crippen LogP contribution in [0, 0.1) is 0 Å². The van der Waals surface area contributed by atoms with Crippen LogP contribution in [0.4, 0.5) is 0 Å². The maximum atomic E-state index is 10.6. The van der Waals surface area contributed by atoms with Gasteiger partial charge in [-0.2, -0.15) is 0 Å². The molecule has 0 bridgehead atoms. The highest BCUT2D eigenvalue weighted by atomic mass is 79.9. The molecule has 0 fully saturated rings. The fourth-order valence-corrected chi connectivity index (χ4v) is 2.68. The number of rotatable bonds is 5. The molecule has 0 unspecified atom stereocenters. The number of aromatic nitrogens is 1. The third kappa shape index (κ3) is 4.51. The van der Waals surface area contributed by atoms with Gasteiger partial charge >= 0.3 is 5.97 Å². The molecule has 1 N–H and O–H groups in total. The first-order valence-electron chi connectivity index (χ1n) is 5.88. The topological polar surface area (TPSA) is 50.2 Å². The smallest absolute Gasteiger partial charge is 0.328 e. The molecule has 2 aromatic rings. The molecule has 3 nitrogen and oxygen atoms in total. The number of halogens is 1. The molecule has 0 aliphatic carbocycles. The van der Waals surface area contributed by atoms with E-state index in [4.69, 9.17) is 5.11 Å². The highest BCUT2D eigenvalue weighted by molar-refractivity contribution is 9.10. The van der Waals surface area contributed by atoms with Crippen molar-refractivity contribution in [3.05, 3.63) is 64.3 Å². The number of benzene rings is 1. The summed E-state index contributed by atoms with van der Waals surface area (Å²) >= 11 is 4.97.